The van der Waals surface area contributed by atoms with Crippen molar-refractivity contribution in [3.63, 3.8) is 0 Å². The number of H-pyrrole nitrogens is 1. The maximum Gasteiger partial charge on any atom is 0.290 e. The van der Waals surface area contributed by atoms with Gasteiger partial charge in [0, 0.05) is 19.6 Å². The highest BCUT2D eigenvalue weighted by atomic mass is 16.3. The number of nitrogens with zero attached hydrogens (tertiary/aromatic N) is 2. The largest absolute Gasteiger partial charge is 0.396 e. The van der Waals surface area contributed by atoms with Crippen LogP contribution in [0.1, 0.15) is 49.6 Å². The van der Waals surface area contributed by atoms with Crippen LogP contribution in [-0.4, -0.2) is 39.3 Å². The third-order valence-corrected chi connectivity index (χ3v) is 2.69. The molecular formula is C12H22N4O2. The first kappa shape index (κ1) is 14.6. The number of hydrogen-bond donors (Lipinski definition) is 3. The number of hydrogen-bond acceptors (Lipinski definition) is 4. The van der Waals surface area contributed by atoms with Gasteiger partial charge >= 0.3 is 0 Å². The summed E-state index contributed by atoms with van der Waals surface area (Å²) in [7, 11) is 0. The number of carbonyl (C=O) groups is 1. The van der Waals surface area contributed by atoms with E-state index in [0.717, 1.165) is 31.5 Å². The van der Waals surface area contributed by atoms with Crippen molar-refractivity contribution in [1.82, 2.24) is 20.5 Å². The van der Waals surface area contributed by atoms with E-state index in [9.17, 15) is 4.79 Å². The Kier molecular flexibility index (Phi) is 6.35. The summed E-state index contributed by atoms with van der Waals surface area (Å²) in [6.07, 6.45) is 3.51. The molecule has 1 rings (SSSR count). The van der Waals surface area contributed by atoms with E-state index >= 15 is 0 Å². The average Bonchev–Trinajstić information content (AvgIpc) is 2.83. The van der Waals surface area contributed by atoms with E-state index in [1.807, 2.05) is 13.8 Å². The molecule has 0 aromatic carbocycles. The van der Waals surface area contributed by atoms with E-state index in [0.29, 0.717) is 6.54 Å². The quantitative estimate of drug-likeness (QED) is 0.601. The first-order valence-electron chi connectivity index (χ1n) is 6.47. The highest BCUT2D eigenvalue weighted by Gasteiger charge is 2.11. The Morgan fingerprint density at radius 3 is 3.00 bits per heavy atom. The lowest BCUT2D eigenvalue weighted by Gasteiger charge is -2.07. The number of aromatic amines is 1. The fourth-order valence-electron chi connectivity index (χ4n) is 1.57. The zero-order chi connectivity index (χ0) is 13.4. The molecule has 1 atom stereocenters. The molecule has 0 fully saturated rings. The molecule has 0 spiro atoms. The van der Waals surface area contributed by atoms with Crippen LogP contribution in [0.2, 0.25) is 0 Å². The molecule has 18 heavy (non-hydrogen) atoms. The van der Waals surface area contributed by atoms with Crippen LogP contribution in [0.4, 0.5) is 0 Å². The number of amides is 1. The average molecular weight is 254 g/mol. The van der Waals surface area contributed by atoms with Gasteiger partial charge in [-0.15, -0.1) is 5.10 Å². The maximum atomic E-state index is 11.7. The molecular weight excluding hydrogens is 232 g/mol. The normalized spacial score (nSPS) is 12.4. The summed E-state index contributed by atoms with van der Waals surface area (Å²) in [5.74, 6) is 0.983. The molecule has 6 heteroatoms. The Hall–Kier alpha value is -1.43. The zero-order valence-corrected chi connectivity index (χ0v) is 11.1. The standard InChI is InChI=1S/C12H22N4O2/c1-3-5-10-14-11(16-15-10)12(18)13-7-4-6-9(2)8-17/h9,17H,3-8H2,1-2H3,(H,13,18)(H,14,15,16). The number of carbonyl (C=O) groups excluding carboxylic acids is 1. The van der Waals surface area contributed by atoms with Crippen LogP contribution in [0.5, 0.6) is 0 Å². The van der Waals surface area contributed by atoms with E-state index in [1.54, 1.807) is 0 Å². The Balaban J connectivity index is 2.27. The second kappa shape index (κ2) is 7.81. The van der Waals surface area contributed by atoms with Crippen LogP contribution in [0.15, 0.2) is 0 Å². The van der Waals surface area contributed by atoms with Gasteiger partial charge in [0.25, 0.3) is 5.91 Å². The Morgan fingerprint density at radius 2 is 2.33 bits per heavy atom. The van der Waals surface area contributed by atoms with Gasteiger partial charge in [-0.25, -0.2) is 4.98 Å². The van der Waals surface area contributed by atoms with Crippen molar-refractivity contribution in [2.75, 3.05) is 13.2 Å². The summed E-state index contributed by atoms with van der Waals surface area (Å²) < 4.78 is 0. The Morgan fingerprint density at radius 1 is 1.56 bits per heavy atom. The minimum absolute atomic E-state index is 0.190. The van der Waals surface area contributed by atoms with Gasteiger partial charge in [-0.3, -0.25) is 9.89 Å². The first-order chi connectivity index (χ1) is 8.67. The van der Waals surface area contributed by atoms with Crippen molar-refractivity contribution in [3.05, 3.63) is 11.6 Å². The third kappa shape index (κ3) is 4.83. The van der Waals surface area contributed by atoms with E-state index in [4.69, 9.17) is 5.11 Å². The van der Waals surface area contributed by atoms with Crippen molar-refractivity contribution in [2.45, 2.75) is 39.5 Å². The Labute approximate surface area is 107 Å². The van der Waals surface area contributed by atoms with Gasteiger partial charge < -0.3 is 10.4 Å². The first-order valence-corrected chi connectivity index (χ1v) is 6.47. The second-order valence-electron chi connectivity index (χ2n) is 4.54. The minimum Gasteiger partial charge on any atom is -0.396 e. The van der Waals surface area contributed by atoms with Gasteiger partial charge in [0.1, 0.15) is 5.82 Å². The number of aliphatic hydroxyl groups excluding tert-OH is 1. The topological polar surface area (TPSA) is 90.9 Å². The predicted molar refractivity (Wildman–Crippen MR) is 68.2 cm³/mol. The molecule has 0 saturated carbocycles. The minimum atomic E-state index is -0.245. The summed E-state index contributed by atoms with van der Waals surface area (Å²) in [6, 6.07) is 0. The van der Waals surface area contributed by atoms with Crippen molar-refractivity contribution < 1.29 is 9.90 Å². The van der Waals surface area contributed by atoms with Crippen LogP contribution in [-0.2, 0) is 6.42 Å². The van der Waals surface area contributed by atoms with Crippen molar-refractivity contribution in [3.8, 4) is 0 Å². The molecule has 1 amide bonds. The maximum absolute atomic E-state index is 11.7. The molecule has 0 aliphatic heterocycles. The molecule has 0 bridgehead atoms. The number of aryl methyl sites for hydroxylation is 1. The van der Waals surface area contributed by atoms with Gasteiger partial charge in [0.05, 0.1) is 0 Å². The fraction of sp³-hybridized carbons (Fsp3) is 0.750. The number of aromatic nitrogens is 3. The molecule has 1 unspecified atom stereocenters. The highest BCUT2D eigenvalue weighted by molar-refractivity contribution is 5.90. The number of nitrogens with one attached hydrogen (secondary N) is 2. The summed E-state index contributed by atoms with van der Waals surface area (Å²) in [5.41, 5.74) is 0. The van der Waals surface area contributed by atoms with Gasteiger partial charge in [-0.1, -0.05) is 13.8 Å². The lowest BCUT2D eigenvalue weighted by molar-refractivity contribution is 0.0942. The summed E-state index contributed by atoms with van der Waals surface area (Å²) in [5, 5.41) is 18.3. The van der Waals surface area contributed by atoms with Gasteiger partial charge in [0.2, 0.25) is 5.82 Å². The Bertz CT molecular complexity index is 365. The zero-order valence-electron chi connectivity index (χ0n) is 11.1. The monoisotopic (exact) mass is 254 g/mol. The predicted octanol–water partition coefficient (Wildman–Crippen LogP) is 0.896. The molecule has 0 aliphatic carbocycles. The van der Waals surface area contributed by atoms with Crippen LogP contribution >= 0.6 is 0 Å². The summed E-state index contributed by atoms with van der Waals surface area (Å²) in [4.78, 5) is 15.8. The summed E-state index contributed by atoms with van der Waals surface area (Å²) in [6.45, 7) is 4.80. The highest BCUT2D eigenvalue weighted by Crippen LogP contribution is 2.03. The molecule has 0 radical (unpaired) electrons. The van der Waals surface area contributed by atoms with E-state index in [2.05, 4.69) is 20.5 Å². The van der Waals surface area contributed by atoms with Gasteiger partial charge in [-0.05, 0) is 25.2 Å². The smallest absolute Gasteiger partial charge is 0.290 e. The molecule has 102 valence electrons. The number of rotatable bonds is 8. The van der Waals surface area contributed by atoms with Gasteiger partial charge in [0.15, 0.2) is 0 Å². The van der Waals surface area contributed by atoms with E-state index < -0.39 is 0 Å². The van der Waals surface area contributed by atoms with Crippen LogP contribution < -0.4 is 5.32 Å². The lowest BCUT2D eigenvalue weighted by Crippen LogP contribution is -2.26. The van der Waals surface area contributed by atoms with Crippen molar-refractivity contribution >= 4 is 5.91 Å². The fourth-order valence-corrected chi connectivity index (χ4v) is 1.57. The van der Waals surface area contributed by atoms with Crippen molar-refractivity contribution in [1.29, 1.82) is 0 Å². The van der Waals surface area contributed by atoms with Crippen molar-refractivity contribution in [2.24, 2.45) is 5.92 Å². The molecule has 6 nitrogen and oxygen atoms in total. The molecule has 0 aliphatic rings. The van der Waals surface area contributed by atoms with E-state index in [1.165, 1.54) is 0 Å². The molecule has 1 aromatic heterocycles. The van der Waals surface area contributed by atoms with Crippen LogP contribution in [0.3, 0.4) is 0 Å². The molecule has 3 N–H and O–H groups in total. The third-order valence-electron chi connectivity index (χ3n) is 2.69. The van der Waals surface area contributed by atoms with Gasteiger partial charge in [-0.2, -0.15) is 0 Å². The molecule has 0 saturated heterocycles. The van der Waals surface area contributed by atoms with E-state index in [-0.39, 0.29) is 24.3 Å². The molecule has 1 heterocycles. The van der Waals surface area contributed by atoms with Crippen LogP contribution in [0.25, 0.3) is 0 Å². The SMILES string of the molecule is CCCc1nc(C(=O)NCCCC(C)CO)n[nH]1. The lowest BCUT2D eigenvalue weighted by atomic mass is 10.1. The number of aliphatic hydroxyl groups is 1. The summed E-state index contributed by atoms with van der Waals surface area (Å²) >= 11 is 0. The second-order valence-corrected chi connectivity index (χ2v) is 4.54. The molecule has 1 aromatic rings. The van der Waals surface area contributed by atoms with Crippen LogP contribution in [0, 0.1) is 5.92 Å².